The third-order valence-corrected chi connectivity index (χ3v) is 5.86. The third kappa shape index (κ3) is 2.53. The summed E-state index contributed by atoms with van der Waals surface area (Å²) < 4.78 is 1.64. The van der Waals surface area contributed by atoms with Crippen molar-refractivity contribution in [3.05, 3.63) is 50.1 Å². The summed E-state index contributed by atoms with van der Waals surface area (Å²) in [7, 11) is 1.80. The van der Waals surface area contributed by atoms with E-state index >= 15 is 0 Å². The van der Waals surface area contributed by atoms with Crippen LogP contribution in [0, 0.1) is 13.8 Å². The Balaban J connectivity index is 1.84. The van der Waals surface area contributed by atoms with Crippen molar-refractivity contribution in [3.63, 3.8) is 0 Å². The van der Waals surface area contributed by atoms with Crippen LogP contribution in [0.1, 0.15) is 34.4 Å². The minimum absolute atomic E-state index is 0.0614. The Morgan fingerprint density at radius 2 is 1.83 bits per heavy atom. The molecule has 0 aliphatic heterocycles. The first-order valence-electron chi connectivity index (χ1n) is 8.39. The van der Waals surface area contributed by atoms with E-state index in [1.54, 1.807) is 23.0 Å². The van der Waals surface area contributed by atoms with Gasteiger partial charge in [-0.25, -0.2) is 4.98 Å². The average Bonchev–Trinajstić information content (AvgIpc) is 2.89. The molecule has 5 heteroatoms. The van der Waals surface area contributed by atoms with Crippen molar-refractivity contribution in [2.75, 3.05) is 5.32 Å². The summed E-state index contributed by atoms with van der Waals surface area (Å²) in [5.74, 6) is 0.607. The third-order valence-electron chi connectivity index (χ3n) is 4.67. The first kappa shape index (κ1) is 15.4. The molecule has 3 aromatic rings. The predicted octanol–water partition coefficient (Wildman–Crippen LogP) is 4.23. The van der Waals surface area contributed by atoms with Crippen LogP contribution in [0.5, 0.6) is 0 Å². The smallest absolute Gasteiger partial charge is 0.263 e. The van der Waals surface area contributed by atoms with Crippen molar-refractivity contribution >= 4 is 33.2 Å². The van der Waals surface area contributed by atoms with Gasteiger partial charge in [0.2, 0.25) is 5.95 Å². The van der Waals surface area contributed by atoms with Crippen LogP contribution in [0.25, 0.3) is 10.2 Å². The number of nitrogens with one attached hydrogen (secondary N) is 1. The maximum atomic E-state index is 12.9. The van der Waals surface area contributed by atoms with Crippen LogP contribution in [0.3, 0.4) is 0 Å². The van der Waals surface area contributed by atoms with E-state index in [2.05, 4.69) is 37.4 Å². The van der Waals surface area contributed by atoms with E-state index in [1.165, 1.54) is 34.4 Å². The summed E-state index contributed by atoms with van der Waals surface area (Å²) in [4.78, 5) is 19.9. The Bertz CT molecular complexity index is 980. The number of thiophene rings is 1. The van der Waals surface area contributed by atoms with Crippen LogP contribution in [0.4, 0.5) is 11.6 Å². The number of anilines is 2. The molecule has 0 radical (unpaired) electrons. The summed E-state index contributed by atoms with van der Waals surface area (Å²) in [6, 6.07) is 6.28. The van der Waals surface area contributed by atoms with Crippen molar-refractivity contribution in [1.82, 2.24) is 9.55 Å². The molecule has 2 heterocycles. The van der Waals surface area contributed by atoms with E-state index in [9.17, 15) is 4.79 Å². The lowest BCUT2D eigenvalue weighted by atomic mass is 9.97. The van der Waals surface area contributed by atoms with E-state index in [-0.39, 0.29) is 5.56 Å². The fourth-order valence-electron chi connectivity index (χ4n) is 3.57. The van der Waals surface area contributed by atoms with Crippen molar-refractivity contribution in [2.24, 2.45) is 7.05 Å². The molecule has 0 saturated heterocycles. The highest BCUT2D eigenvalue weighted by atomic mass is 32.1. The normalized spacial score (nSPS) is 14.0. The van der Waals surface area contributed by atoms with Crippen molar-refractivity contribution in [2.45, 2.75) is 39.5 Å². The molecule has 4 nitrogen and oxygen atoms in total. The number of benzene rings is 1. The molecule has 1 aliphatic rings. The summed E-state index contributed by atoms with van der Waals surface area (Å²) >= 11 is 1.69. The van der Waals surface area contributed by atoms with Gasteiger partial charge >= 0.3 is 0 Å². The Morgan fingerprint density at radius 1 is 1.12 bits per heavy atom. The second-order valence-electron chi connectivity index (χ2n) is 6.69. The van der Waals surface area contributed by atoms with Crippen LogP contribution in [-0.4, -0.2) is 9.55 Å². The SMILES string of the molecule is Cc1cc(C)cc(Nc2nc3sc4c(c3c(=O)n2C)CCCC4)c1. The van der Waals surface area contributed by atoms with Gasteiger partial charge in [-0.3, -0.25) is 9.36 Å². The zero-order valence-electron chi connectivity index (χ0n) is 14.3. The van der Waals surface area contributed by atoms with Gasteiger partial charge in [0.05, 0.1) is 5.39 Å². The van der Waals surface area contributed by atoms with Gasteiger partial charge in [-0.05, 0) is 68.4 Å². The average molecular weight is 339 g/mol. The van der Waals surface area contributed by atoms with Crippen molar-refractivity contribution < 1.29 is 0 Å². The highest BCUT2D eigenvalue weighted by Gasteiger charge is 2.21. The lowest BCUT2D eigenvalue weighted by molar-refractivity contribution is 0.699. The van der Waals surface area contributed by atoms with Gasteiger partial charge in [-0.1, -0.05) is 6.07 Å². The molecule has 1 aliphatic carbocycles. The van der Waals surface area contributed by atoms with E-state index in [0.29, 0.717) is 5.95 Å². The molecule has 124 valence electrons. The minimum atomic E-state index is 0.0614. The second-order valence-corrected chi connectivity index (χ2v) is 7.78. The fourth-order valence-corrected chi connectivity index (χ4v) is 4.83. The number of nitrogens with zero attached hydrogens (tertiary/aromatic N) is 2. The van der Waals surface area contributed by atoms with Gasteiger partial charge in [0, 0.05) is 17.6 Å². The van der Waals surface area contributed by atoms with E-state index in [0.717, 1.165) is 28.7 Å². The Kier molecular flexibility index (Phi) is 3.68. The summed E-state index contributed by atoms with van der Waals surface area (Å²) in [6.07, 6.45) is 4.48. The molecule has 2 aromatic heterocycles. The quantitative estimate of drug-likeness (QED) is 0.760. The van der Waals surface area contributed by atoms with E-state index < -0.39 is 0 Å². The molecular formula is C19H21N3OS. The number of aromatic nitrogens is 2. The molecule has 0 amide bonds. The first-order valence-corrected chi connectivity index (χ1v) is 9.21. The topological polar surface area (TPSA) is 46.9 Å². The Hall–Kier alpha value is -2.14. The summed E-state index contributed by atoms with van der Waals surface area (Å²) in [5.41, 5.74) is 4.65. The number of hydrogen-bond donors (Lipinski definition) is 1. The summed E-state index contributed by atoms with van der Waals surface area (Å²) in [5, 5.41) is 4.16. The second kappa shape index (κ2) is 5.74. The zero-order chi connectivity index (χ0) is 16.8. The minimum Gasteiger partial charge on any atom is -0.325 e. The molecule has 0 bridgehead atoms. The zero-order valence-corrected chi connectivity index (χ0v) is 15.1. The van der Waals surface area contributed by atoms with Gasteiger partial charge in [-0.2, -0.15) is 0 Å². The number of hydrogen-bond acceptors (Lipinski definition) is 4. The van der Waals surface area contributed by atoms with Crippen LogP contribution >= 0.6 is 11.3 Å². The molecular weight excluding hydrogens is 318 g/mol. The lowest BCUT2D eigenvalue weighted by Gasteiger charge is -2.12. The molecule has 1 aromatic carbocycles. The Morgan fingerprint density at radius 3 is 2.58 bits per heavy atom. The monoisotopic (exact) mass is 339 g/mol. The molecule has 4 rings (SSSR count). The van der Waals surface area contributed by atoms with Crippen molar-refractivity contribution in [3.8, 4) is 0 Å². The van der Waals surface area contributed by atoms with Crippen molar-refractivity contribution in [1.29, 1.82) is 0 Å². The Labute approximate surface area is 145 Å². The van der Waals surface area contributed by atoms with Gasteiger partial charge in [0.15, 0.2) is 0 Å². The standard InChI is InChI=1S/C19H21N3OS/c1-11-8-12(2)10-13(9-11)20-19-21-17-16(18(23)22(19)3)14-6-4-5-7-15(14)24-17/h8-10H,4-7H2,1-3H3,(H,20,21). The fraction of sp³-hybridized carbons (Fsp3) is 0.368. The molecule has 0 unspecified atom stereocenters. The largest absolute Gasteiger partial charge is 0.325 e. The van der Waals surface area contributed by atoms with Gasteiger partial charge < -0.3 is 5.32 Å². The highest BCUT2D eigenvalue weighted by molar-refractivity contribution is 7.18. The van der Waals surface area contributed by atoms with Gasteiger partial charge in [-0.15, -0.1) is 11.3 Å². The maximum Gasteiger partial charge on any atom is 0.263 e. The van der Waals surface area contributed by atoms with E-state index in [1.807, 2.05) is 0 Å². The van der Waals surface area contributed by atoms with Gasteiger partial charge in [0.1, 0.15) is 4.83 Å². The molecule has 1 N–H and O–H groups in total. The maximum absolute atomic E-state index is 12.9. The first-order chi connectivity index (χ1) is 11.5. The molecule has 0 spiro atoms. The molecule has 0 atom stereocenters. The molecule has 24 heavy (non-hydrogen) atoms. The van der Waals surface area contributed by atoms with E-state index in [4.69, 9.17) is 4.98 Å². The summed E-state index contributed by atoms with van der Waals surface area (Å²) in [6.45, 7) is 4.14. The van der Waals surface area contributed by atoms with Crippen LogP contribution < -0.4 is 10.9 Å². The predicted molar refractivity (Wildman–Crippen MR) is 101 cm³/mol. The molecule has 0 saturated carbocycles. The van der Waals surface area contributed by atoms with Crippen LogP contribution in [-0.2, 0) is 19.9 Å². The van der Waals surface area contributed by atoms with Crippen LogP contribution in [0.15, 0.2) is 23.0 Å². The van der Waals surface area contributed by atoms with Crippen LogP contribution in [0.2, 0.25) is 0 Å². The lowest BCUT2D eigenvalue weighted by Crippen LogP contribution is -2.21. The molecule has 0 fully saturated rings. The highest BCUT2D eigenvalue weighted by Crippen LogP contribution is 2.34. The number of fused-ring (bicyclic) bond motifs is 3. The van der Waals surface area contributed by atoms with Gasteiger partial charge in [0.25, 0.3) is 5.56 Å². The number of rotatable bonds is 2. The number of aryl methyl sites for hydroxylation is 4.